The number of carbonyl (C=O) groups is 2. The van der Waals surface area contributed by atoms with E-state index in [-0.39, 0.29) is 17.2 Å². The lowest BCUT2D eigenvalue weighted by Crippen LogP contribution is -2.32. The number of fused-ring (bicyclic) bond motifs is 1. The third kappa shape index (κ3) is 1.09. The van der Waals surface area contributed by atoms with Crippen LogP contribution in [0.1, 0.15) is 39.3 Å². The van der Waals surface area contributed by atoms with Gasteiger partial charge in [-0.2, -0.15) is 0 Å². The van der Waals surface area contributed by atoms with Crippen molar-refractivity contribution in [1.29, 1.82) is 0 Å². The molecule has 5 nitrogen and oxygen atoms in total. The van der Waals surface area contributed by atoms with Gasteiger partial charge in [-0.1, -0.05) is 0 Å². The van der Waals surface area contributed by atoms with Gasteiger partial charge >= 0.3 is 5.97 Å². The van der Waals surface area contributed by atoms with Gasteiger partial charge in [-0.3, -0.25) is 9.79 Å². The number of aromatic nitrogens is 1. The minimum atomic E-state index is -0.363. The second-order valence-electron chi connectivity index (χ2n) is 5.63. The van der Waals surface area contributed by atoms with Crippen LogP contribution in [0.3, 0.4) is 0 Å². The number of carbonyl (C=O) groups excluding carboxylic acids is 2. The van der Waals surface area contributed by atoms with Gasteiger partial charge in [0.1, 0.15) is 0 Å². The quantitative estimate of drug-likeness (QED) is 0.709. The van der Waals surface area contributed by atoms with E-state index < -0.39 is 0 Å². The summed E-state index contributed by atoms with van der Waals surface area (Å²) >= 11 is 0. The van der Waals surface area contributed by atoms with E-state index in [4.69, 9.17) is 4.74 Å². The van der Waals surface area contributed by atoms with Gasteiger partial charge in [-0.15, -0.1) is 0 Å². The predicted octanol–water partition coefficient (Wildman–Crippen LogP) is 1.11. The maximum absolute atomic E-state index is 12.3. The smallest absolute Gasteiger partial charge is 0.339 e. The van der Waals surface area contributed by atoms with E-state index in [0.29, 0.717) is 23.6 Å². The van der Waals surface area contributed by atoms with Crippen LogP contribution in [0.2, 0.25) is 0 Å². The van der Waals surface area contributed by atoms with Gasteiger partial charge in [0, 0.05) is 36.5 Å². The van der Waals surface area contributed by atoms with E-state index in [9.17, 15) is 9.59 Å². The normalized spacial score (nSPS) is 30.3. The summed E-state index contributed by atoms with van der Waals surface area (Å²) in [6, 6.07) is 0. The average Bonchev–Trinajstić information content (AvgIpc) is 2.83. The number of methoxy groups -OCH3 is 1. The number of rotatable bonds is 1. The molecule has 2 heterocycles. The molecule has 0 aromatic carbocycles. The molecule has 2 aliphatic carbocycles. The van der Waals surface area contributed by atoms with Gasteiger partial charge in [0.05, 0.1) is 24.8 Å². The third-order valence-corrected chi connectivity index (χ3v) is 4.75. The average molecular weight is 258 g/mol. The molecule has 0 N–H and O–H groups in total. The van der Waals surface area contributed by atoms with E-state index in [1.54, 1.807) is 10.8 Å². The molecule has 1 spiro atoms. The van der Waals surface area contributed by atoms with Gasteiger partial charge in [0.2, 0.25) is 0 Å². The Bertz CT molecular complexity index is 670. The number of hydrogen-bond acceptors (Lipinski definition) is 4. The second-order valence-corrected chi connectivity index (χ2v) is 5.63. The molecule has 2 atom stereocenters. The first-order valence-electron chi connectivity index (χ1n) is 6.44. The zero-order valence-corrected chi connectivity index (χ0v) is 10.9. The highest BCUT2D eigenvalue weighted by Crippen LogP contribution is 2.62. The van der Waals surface area contributed by atoms with Gasteiger partial charge in [-0.25, -0.2) is 4.79 Å². The zero-order chi connectivity index (χ0) is 13.4. The molecule has 2 unspecified atom stereocenters. The molecule has 0 radical (unpaired) electrons. The summed E-state index contributed by atoms with van der Waals surface area (Å²) in [5.74, 6) is 0.169. The number of ether oxygens (including phenoxy) is 1. The Balaban J connectivity index is 2.02. The molecule has 5 heteroatoms. The molecular weight excluding hydrogens is 244 g/mol. The van der Waals surface area contributed by atoms with Crippen LogP contribution in [0.25, 0.3) is 0 Å². The Labute approximate surface area is 110 Å². The first-order chi connectivity index (χ1) is 9.09. The minimum Gasteiger partial charge on any atom is -0.465 e. The van der Waals surface area contributed by atoms with Crippen LogP contribution in [0.5, 0.6) is 0 Å². The maximum Gasteiger partial charge on any atom is 0.339 e. The summed E-state index contributed by atoms with van der Waals surface area (Å²) in [6.45, 7) is 0.789. The molecule has 1 aromatic rings. The molecule has 0 bridgehead atoms. The SMILES string of the molecule is COC(=O)c1cn(C)c2c1C13CC1CN=C3CC2=O. The third-order valence-electron chi connectivity index (χ3n) is 4.75. The van der Waals surface area contributed by atoms with Crippen molar-refractivity contribution in [2.45, 2.75) is 18.3 Å². The molecule has 1 fully saturated rings. The van der Waals surface area contributed by atoms with Crippen molar-refractivity contribution in [1.82, 2.24) is 4.57 Å². The van der Waals surface area contributed by atoms with Gasteiger partial charge in [-0.05, 0) is 12.3 Å². The second kappa shape index (κ2) is 3.15. The molecule has 1 aromatic heterocycles. The Kier molecular flexibility index (Phi) is 1.82. The van der Waals surface area contributed by atoms with Crippen molar-refractivity contribution in [3.05, 3.63) is 23.0 Å². The molecule has 3 aliphatic rings. The van der Waals surface area contributed by atoms with Gasteiger partial charge in [0.15, 0.2) is 5.78 Å². The highest BCUT2D eigenvalue weighted by Gasteiger charge is 2.66. The van der Waals surface area contributed by atoms with Crippen LogP contribution in [-0.4, -0.2) is 35.7 Å². The fourth-order valence-electron chi connectivity index (χ4n) is 3.84. The van der Waals surface area contributed by atoms with E-state index in [1.165, 1.54) is 7.11 Å². The summed E-state index contributed by atoms with van der Waals surface area (Å²) in [4.78, 5) is 28.7. The summed E-state index contributed by atoms with van der Waals surface area (Å²) in [7, 11) is 3.19. The van der Waals surface area contributed by atoms with Crippen LogP contribution in [0, 0.1) is 5.92 Å². The first kappa shape index (κ1) is 11.0. The zero-order valence-electron chi connectivity index (χ0n) is 10.9. The first-order valence-corrected chi connectivity index (χ1v) is 6.44. The number of esters is 1. The Morgan fingerprint density at radius 3 is 3.05 bits per heavy atom. The lowest BCUT2D eigenvalue weighted by Gasteiger charge is -2.23. The maximum atomic E-state index is 12.3. The number of Topliss-reactive ketones (excluding diaryl/α,β-unsaturated/α-hetero) is 1. The number of ketones is 1. The Morgan fingerprint density at radius 1 is 1.58 bits per heavy atom. The summed E-state index contributed by atoms with van der Waals surface area (Å²) in [6.07, 6.45) is 3.14. The van der Waals surface area contributed by atoms with Crippen LogP contribution in [-0.2, 0) is 17.2 Å². The lowest BCUT2D eigenvalue weighted by atomic mass is 9.79. The number of aryl methyl sites for hydroxylation is 1. The number of aliphatic imine (C=N–C) groups is 1. The molecule has 1 aliphatic heterocycles. The number of hydrogen-bond donors (Lipinski definition) is 0. The molecule has 98 valence electrons. The molecule has 1 saturated carbocycles. The van der Waals surface area contributed by atoms with Crippen molar-refractivity contribution in [3.63, 3.8) is 0 Å². The van der Waals surface area contributed by atoms with Gasteiger partial charge < -0.3 is 9.30 Å². The predicted molar refractivity (Wildman–Crippen MR) is 67.8 cm³/mol. The number of nitrogens with zero attached hydrogens (tertiary/aromatic N) is 2. The van der Waals surface area contributed by atoms with Crippen molar-refractivity contribution < 1.29 is 14.3 Å². The summed E-state index contributed by atoms with van der Waals surface area (Å²) < 4.78 is 6.63. The summed E-state index contributed by atoms with van der Waals surface area (Å²) in [5, 5.41) is 0. The standard InChI is InChI=1S/C14H14N2O3/c1-16-6-8(13(18)19-2)11-12(16)9(17)3-10-14(11)4-7(14)5-15-10/h6-7H,3-5H2,1-2H3. The van der Waals surface area contributed by atoms with Crippen molar-refractivity contribution in [3.8, 4) is 0 Å². The molecule has 0 saturated heterocycles. The Morgan fingerprint density at radius 2 is 2.37 bits per heavy atom. The fourth-order valence-corrected chi connectivity index (χ4v) is 3.84. The molecule has 4 rings (SSSR count). The van der Waals surface area contributed by atoms with Crippen LogP contribution < -0.4 is 0 Å². The molecule has 19 heavy (non-hydrogen) atoms. The van der Waals surface area contributed by atoms with E-state index >= 15 is 0 Å². The van der Waals surface area contributed by atoms with Crippen molar-refractivity contribution in [2.75, 3.05) is 13.7 Å². The van der Waals surface area contributed by atoms with E-state index in [2.05, 4.69) is 4.99 Å². The highest BCUT2D eigenvalue weighted by molar-refractivity contribution is 6.21. The largest absolute Gasteiger partial charge is 0.465 e. The fraction of sp³-hybridized carbons (Fsp3) is 0.500. The lowest BCUT2D eigenvalue weighted by molar-refractivity contribution is 0.0599. The van der Waals surface area contributed by atoms with Gasteiger partial charge in [0.25, 0.3) is 0 Å². The van der Waals surface area contributed by atoms with E-state index in [1.807, 2.05) is 7.05 Å². The van der Waals surface area contributed by atoms with Crippen LogP contribution in [0.4, 0.5) is 0 Å². The summed E-state index contributed by atoms with van der Waals surface area (Å²) in [5.41, 5.74) is 2.92. The molecule has 0 amide bonds. The van der Waals surface area contributed by atoms with E-state index in [0.717, 1.165) is 24.2 Å². The topological polar surface area (TPSA) is 60.7 Å². The van der Waals surface area contributed by atoms with Crippen LogP contribution >= 0.6 is 0 Å². The monoisotopic (exact) mass is 258 g/mol. The van der Waals surface area contributed by atoms with Crippen molar-refractivity contribution >= 4 is 17.5 Å². The Hall–Kier alpha value is -1.91. The highest BCUT2D eigenvalue weighted by atomic mass is 16.5. The van der Waals surface area contributed by atoms with Crippen molar-refractivity contribution in [2.24, 2.45) is 18.0 Å². The van der Waals surface area contributed by atoms with Crippen LogP contribution in [0.15, 0.2) is 11.2 Å². The molecular formula is C14H14N2O3. The minimum absolute atomic E-state index is 0.0598.